The van der Waals surface area contributed by atoms with Crippen LogP contribution in [0.1, 0.15) is 21.5 Å². The van der Waals surface area contributed by atoms with E-state index in [2.05, 4.69) is 10.6 Å². The van der Waals surface area contributed by atoms with Crippen LogP contribution in [0.25, 0.3) is 0 Å². The Morgan fingerprint density at radius 3 is 2.69 bits per heavy atom. The minimum atomic E-state index is -0.234. The van der Waals surface area contributed by atoms with Gasteiger partial charge in [-0.25, -0.2) is 0 Å². The molecule has 29 heavy (non-hydrogen) atoms. The summed E-state index contributed by atoms with van der Waals surface area (Å²) in [5, 5.41) is 5.59. The van der Waals surface area contributed by atoms with Crippen LogP contribution in [0.2, 0.25) is 0 Å². The fourth-order valence-electron chi connectivity index (χ4n) is 2.99. The van der Waals surface area contributed by atoms with Crippen LogP contribution < -0.4 is 20.1 Å². The predicted octanol–water partition coefficient (Wildman–Crippen LogP) is 3.53. The van der Waals surface area contributed by atoms with Crippen LogP contribution in [0.15, 0.2) is 72.8 Å². The fourth-order valence-corrected chi connectivity index (χ4v) is 2.99. The molecule has 0 radical (unpaired) electrons. The van der Waals surface area contributed by atoms with Gasteiger partial charge in [0.1, 0.15) is 18.1 Å². The van der Waals surface area contributed by atoms with Crippen molar-refractivity contribution in [1.29, 1.82) is 0 Å². The maximum Gasteiger partial charge on any atom is 0.262 e. The number of anilines is 1. The largest absolute Gasteiger partial charge is 0.489 e. The van der Waals surface area contributed by atoms with Gasteiger partial charge in [0.2, 0.25) is 0 Å². The molecule has 6 nitrogen and oxygen atoms in total. The van der Waals surface area contributed by atoms with Crippen molar-refractivity contribution in [3.63, 3.8) is 0 Å². The zero-order valence-corrected chi connectivity index (χ0v) is 15.7. The molecule has 0 atom stereocenters. The summed E-state index contributed by atoms with van der Waals surface area (Å²) in [7, 11) is 0. The lowest BCUT2D eigenvalue weighted by Crippen LogP contribution is -2.27. The van der Waals surface area contributed by atoms with Crippen LogP contribution in [0.3, 0.4) is 0 Å². The lowest BCUT2D eigenvalue weighted by molar-refractivity contribution is -0.118. The molecule has 0 spiro atoms. The van der Waals surface area contributed by atoms with Crippen LogP contribution in [-0.2, 0) is 17.9 Å². The number of benzene rings is 3. The van der Waals surface area contributed by atoms with Crippen molar-refractivity contribution in [1.82, 2.24) is 5.32 Å². The number of ether oxygens (including phenoxy) is 2. The Labute approximate surface area is 168 Å². The van der Waals surface area contributed by atoms with Gasteiger partial charge in [0.15, 0.2) is 6.61 Å². The van der Waals surface area contributed by atoms with Gasteiger partial charge in [0, 0.05) is 12.1 Å². The van der Waals surface area contributed by atoms with E-state index in [1.54, 1.807) is 18.2 Å². The second kappa shape index (κ2) is 8.48. The molecule has 0 aromatic heterocycles. The number of amides is 2. The molecule has 146 valence electrons. The fraction of sp³-hybridized carbons (Fsp3) is 0.130. The summed E-state index contributed by atoms with van der Waals surface area (Å²) in [5.74, 6) is 0.837. The number of fused-ring (bicyclic) bond motifs is 1. The van der Waals surface area contributed by atoms with E-state index in [9.17, 15) is 9.59 Å². The van der Waals surface area contributed by atoms with E-state index >= 15 is 0 Å². The molecule has 4 rings (SSSR count). The standard InChI is InChI=1S/C23H20N2O4/c26-22-15-29-21-10-9-18(12-20(21)25-22)23(27)24-13-17-7-4-8-19(11-17)28-14-16-5-2-1-3-6-16/h1-12H,13-15H2,(H,24,27)(H,25,26). The maximum atomic E-state index is 12.5. The molecular weight excluding hydrogens is 368 g/mol. The van der Waals surface area contributed by atoms with Gasteiger partial charge < -0.3 is 20.1 Å². The molecule has 0 saturated heterocycles. The van der Waals surface area contributed by atoms with Gasteiger partial charge >= 0.3 is 0 Å². The summed E-state index contributed by atoms with van der Waals surface area (Å²) in [5.41, 5.74) is 2.98. The van der Waals surface area contributed by atoms with Crippen LogP contribution in [-0.4, -0.2) is 18.4 Å². The Morgan fingerprint density at radius 1 is 1.00 bits per heavy atom. The number of carbonyl (C=O) groups is 2. The lowest BCUT2D eigenvalue weighted by atomic mass is 10.1. The van der Waals surface area contributed by atoms with Crippen molar-refractivity contribution in [3.8, 4) is 11.5 Å². The second-order valence-corrected chi connectivity index (χ2v) is 6.65. The summed E-state index contributed by atoms with van der Waals surface area (Å²) in [4.78, 5) is 23.9. The summed E-state index contributed by atoms with van der Waals surface area (Å²) < 4.78 is 11.1. The minimum Gasteiger partial charge on any atom is -0.489 e. The zero-order chi connectivity index (χ0) is 20.1. The van der Waals surface area contributed by atoms with E-state index in [-0.39, 0.29) is 18.4 Å². The summed E-state index contributed by atoms with van der Waals surface area (Å²) >= 11 is 0. The quantitative estimate of drug-likeness (QED) is 0.677. The van der Waals surface area contributed by atoms with Crippen LogP contribution in [0.4, 0.5) is 5.69 Å². The van der Waals surface area contributed by atoms with Gasteiger partial charge in [-0.3, -0.25) is 9.59 Å². The molecule has 0 bridgehead atoms. The first-order chi connectivity index (χ1) is 14.2. The van der Waals surface area contributed by atoms with Crippen LogP contribution in [0.5, 0.6) is 11.5 Å². The number of carbonyl (C=O) groups excluding carboxylic acids is 2. The third kappa shape index (κ3) is 4.73. The van der Waals surface area contributed by atoms with Gasteiger partial charge in [-0.2, -0.15) is 0 Å². The Morgan fingerprint density at radius 2 is 1.83 bits per heavy atom. The molecular formula is C23H20N2O4. The highest BCUT2D eigenvalue weighted by molar-refractivity contribution is 5.99. The minimum absolute atomic E-state index is 0.0127. The number of rotatable bonds is 6. The van der Waals surface area contributed by atoms with Crippen molar-refractivity contribution < 1.29 is 19.1 Å². The van der Waals surface area contributed by atoms with E-state index < -0.39 is 0 Å². The monoisotopic (exact) mass is 388 g/mol. The van der Waals surface area contributed by atoms with Crippen LogP contribution in [0, 0.1) is 0 Å². The van der Waals surface area contributed by atoms with E-state index in [1.807, 2.05) is 54.6 Å². The Kier molecular flexibility index (Phi) is 5.42. The second-order valence-electron chi connectivity index (χ2n) is 6.65. The molecule has 0 unspecified atom stereocenters. The smallest absolute Gasteiger partial charge is 0.262 e. The van der Waals surface area contributed by atoms with E-state index in [4.69, 9.17) is 9.47 Å². The van der Waals surface area contributed by atoms with Crippen LogP contribution >= 0.6 is 0 Å². The predicted molar refractivity (Wildman–Crippen MR) is 109 cm³/mol. The average molecular weight is 388 g/mol. The van der Waals surface area contributed by atoms with Crippen molar-refractivity contribution in [2.24, 2.45) is 0 Å². The summed E-state index contributed by atoms with van der Waals surface area (Å²) in [6.45, 7) is 0.835. The Balaban J connectivity index is 1.36. The third-order valence-corrected chi connectivity index (χ3v) is 4.47. The van der Waals surface area contributed by atoms with Gasteiger partial charge in [-0.05, 0) is 41.5 Å². The Hall–Kier alpha value is -3.80. The van der Waals surface area contributed by atoms with Gasteiger partial charge in [-0.15, -0.1) is 0 Å². The average Bonchev–Trinajstić information content (AvgIpc) is 2.76. The molecule has 0 saturated carbocycles. The van der Waals surface area contributed by atoms with E-state index in [0.717, 1.165) is 16.9 Å². The summed E-state index contributed by atoms with van der Waals surface area (Å²) in [6, 6.07) is 22.5. The van der Waals surface area contributed by atoms with Crippen molar-refractivity contribution >= 4 is 17.5 Å². The van der Waals surface area contributed by atoms with Gasteiger partial charge in [-0.1, -0.05) is 42.5 Å². The van der Waals surface area contributed by atoms with Crippen molar-refractivity contribution in [2.75, 3.05) is 11.9 Å². The molecule has 3 aromatic carbocycles. The van der Waals surface area contributed by atoms with E-state index in [1.165, 1.54) is 0 Å². The molecule has 2 N–H and O–H groups in total. The summed E-state index contributed by atoms with van der Waals surface area (Å²) in [6.07, 6.45) is 0. The van der Waals surface area contributed by atoms with Crippen molar-refractivity contribution in [2.45, 2.75) is 13.2 Å². The number of hydrogen-bond acceptors (Lipinski definition) is 4. The topological polar surface area (TPSA) is 76.7 Å². The maximum absolute atomic E-state index is 12.5. The SMILES string of the molecule is O=C1COc2ccc(C(=O)NCc3cccc(OCc4ccccc4)c3)cc2N1. The molecule has 6 heteroatoms. The van der Waals surface area contributed by atoms with Gasteiger partial charge in [0.25, 0.3) is 11.8 Å². The molecule has 1 heterocycles. The first-order valence-electron chi connectivity index (χ1n) is 9.28. The van der Waals surface area contributed by atoms with E-state index in [0.29, 0.717) is 30.2 Å². The molecule has 1 aliphatic heterocycles. The molecule has 2 amide bonds. The first kappa shape index (κ1) is 18.6. The Bertz CT molecular complexity index is 1030. The highest BCUT2D eigenvalue weighted by atomic mass is 16.5. The highest BCUT2D eigenvalue weighted by Gasteiger charge is 2.17. The van der Waals surface area contributed by atoms with Gasteiger partial charge in [0.05, 0.1) is 5.69 Å². The number of hydrogen-bond donors (Lipinski definition) is 2. The van der Waals surface area contributed by atoms with Crippen molar-refractivity contribution in [3.05, 3.63) is 89.5 Å². The zero-order valence-electron chi connectivity index (χ0n) is 15.7. The third-order valence-electron chi connectivity index (χ3n) is 4.47. The highest BCUT2D eigenvalue weighted by Crippen LogP contribution is 2.28. The molecule has 0 fully saturated rings. The molecule has 0 aliphatic carbocycles. The molecule has 1 aliphatic rings. The lowest BCUT2D eigenvalue weighted by Gasteiger charge is -2.18. The molecule has 3 aromatic rings. The first-order valence-corrected chi connectivity index (χ1v) is 9.28. The number of nitrogens with one attached hydrogen (secondary N) is 2. The normalized spacial score (nSPS) is 12.3.